The predicted molar refractivity (Wildman–Crippen MR) is 157 cm³/mol. The van der Waals surface area contributed by atoms with E-state index in [0.29, 0.717) is 41.5 Å². The van der Waals surface area contributed by atoms with Crippen molar-refractivity contribution in [2.75, 3.05) is 13.2 Å². The standard InChI is InChI=1S/C33H40N2O5/c1-4-6-7-8-9-10-11-12-23-39-30-20-15-27(16-21-30)33(37)40-31-22-19-29(24-25(31)3)35-34-28-17-13-26(14-18-28)32(36)38-5-2/h13-22,24H,4-12,23H2,1-3H3. The van der Waals surface area contributed by atoms with Gasteiger partial charge in [-0.25, -0.2) is 9.59 Å². The molecular formula is C33H40N2O5. The zero-order valence-electron chi connectivity index (χ0n) is 23.9. The Morgan fingerprint density at radius 1 is 0.675 bits per heavy atom. The van der Waals surface area contributed by atoms with E-state index in [0.717, 1.165) is 17.7 Å². The molecule has 0 amide bonds. The van der Waals surface area contributed by atoms with Crippen molar-refractivity contribution >= 4 is 23.3 Å². The highest BCUT2D eigenvalue weighted by Crippen LogP contribution is 2.26. The molecule has 0 saturated heterocycles. The van der Waals surface area contributed by atoms with E-state index in [9.17, 15) is 9.59 Å². The van der Waals surface area contributed by atoms with Crippen molar-refractivity contribution in [3.8, 4) is 11.5 Å². The molecule has 0 aliphatic heterocycles. The van der Waals surface area contributed by atoms with Gasteiger partial charge in [-0.05, 0) is 92.6 Å². The minimum Gasteiger partial charge on any atom is -0.494 e. The lowest BCUT2D eigenvalue weighted by Crippen LogP contribution is -2.09. The average Bonchev–Trinajstić information content (AvgIpc) is 2.97. The van der Waals surface area contributed by atoms with Crippen molar-refractivity contribution in [1.82, 2.24) is 0 Å². The number of esters is 2. The third-order valence-corrected chi connectivity index (χ3v) is 6.38. The van der Waals surface area contributed by atoms with Crippen molar-refractivity contribution in [3.63, 3.8) is 0 Å². The fraction of sp³-hybridized carbons (Fsp3) is 0.394. The summed E-state index contributed by atoms with van der Waals surface area (Å²) in [5.41, 5.74) is 2.89. The maximum absolute atomic E-state index is 12.7. The van der Waals surface area contributed by atoms with E-state index in [1.54, 1.807) is 73.7 Å². The molecule has 0 spiro atoms. The lowest BCUT2D eigenvalue weighted by atomic mass is 10.1. The predicted octanol–water partition coefficient (Wildman–Crippen LogP) is 9.33. The first-order valence-electron chi connectivity index (χ1n) is 14.2. The second-order valence-electron chi connectivity index (χ2n) is 9.65. The van der Waals surface area contributed by atoms with E-state index >= 15 is 0 Å². The van der Waals surface area contributed by atoms with Crippen molar-refractivity contribution in [3.05, 3.63) is 83.4 Å². The first-order chi connectivity index (χ1) is 19.5. The van der Waals surface area contributed by atoms with Crippen LogP contribution in [0.15, 0.2) is 77.0 Å². The van der Waals surface area contributed by atoms with E-state index in [1.165, 1.54) is 44.9 Å². The Bertz CT molecular complexity index is 1240. The lowest BCUT2D eigenvalue weighted by Gasteiger charge is -2.09. The SMILES string of the molecule is CCCCCCCCCCOc1ccc(C(=O)Oc2ccc(N=Nc3ccc(C(=O)OCC)cc3)cc2C)cc1. The molecule has 212 valence electrons. The summed E-state index contributed by atoms with van der Waals surface area (Å²) in [6.45, 7) is 6.85. The average molecular weight is 545 g/mol. The zero-order valence-corrected chi connectivity index (χ0v) is 23.9. The van der Waals surface area contributed by atoms with Gasteiger partial charge in [0.1, 0.15) is 11.5 Å². The molecule has 3 rings (SSSR count). The van der Waals surface area contributed by atoms with E-state index in [1.807, 2.05) is 6.92 Å². The summed E-state index contributed by atoms with van der Waals surface area (Å²) in [4.78, 5) is 24.4. The van der Waals surface area contributed by atoms with Crippen LogP contribution in [0.25, 0.3) is 0 Å². The number of unbranched alkanes of at least 4 members (excludes halogenated alkanes) is 7. The molecule has 7 heteroatoms. The van der Waals surface area contributed by atoms with Crippen molar-refractivity contribution in [2.45, 2.75) is 72.1 Å². The summed E-state index contributed by atoms with van der Waals surface area (Å²) < 4.78 is 16.4. The van der Waals surface area contributed by atoms with Gasteiger partial charge in [0.15, 0.2) is 0 Å². The monoisotopic (exact) mass is 544 g/mol. The smallest absolute Gasteiger partial charge is 0.343 e. The summed E-state index contributed by atoms with van der Waals surface area (Å²) in [5, 5.41) is 8.46. The molecule has 0 aliphatic carbocycles. The Morgan fingerprint density at radius 2 is 1.25 bits per heavy atom. The molecule has 7 nitrogen and oxygen atoms in total. The molecule has 0 radical (unpaired) electrons. The molecule has 0 bridgehead atoms. The van der Waals surface area contributed by atoms with Gasteiger partial charge in [-0.3, -0.25) is 0 Å². The van der Waals surface area contributed by atoms with Gasteiger partial charge in [-0.1, -0.05) is 51.9 Å². The third-order valence-electron chi connectivity index (χ3n) is 6.38. The van der Waals surface area contributed by atoms with Gasteiger partial charge in [0, 0.05) is 0 Å². The molecule has 0 aliphatic rings. The zero-order chi connectivity index (χ0) is 28.6. The Hall–Kier alpha value is -4.00. The van der Waals surface area contributed by atoms with Crippen LogP contribution in [0.3, 0.4) is 0 Å². The Balaban J connectivity index is 1.44. The van der Waals surface area contributed by atoms with E-state index in [2.05, 4.69) is 17.2 Å². The van der Waals surface area contributed by atoms with Crippen LogP contribution >= 0.6 is 0 Å². The van der Waals surface area contributed by atoms with Crippen molar-refractivity contribution in [1.29, 1.82) is 0 Å². The largest absolute Gasteiger partial charge is 0.494 e. The number of azo groups is 1. The lowest BCUT2D eigenvalue weighted by molar-refractivity contribution is 0.0526. The molecule has 0 heterocycles. The van der Waals surface area contributed by atoms with E-state index in [-0.39, 0.29) is 5.97 Å². The van der Waals surface area contributed by atoms with Crippen LogP contribution in [-0.4, -0.2) is 25.2 Å². The van der Waals surface area contributed by atoms with Gasteiger partial charge < -0.3 is 14.2 Å². The number of ether oxygens (including phenoxy) is 3. The van der Waals surface area contributed by atoms with Crippen LogP contribution in [0.4, 0.5) is 11.4 Å². The number of hydrogen-bond acceptors (Lipinski definition) is 7. The van der Waals surface area contributed by atoms with Gasteiger partial charge in [-0.2, -0.15) is 10.2 Å². The number of carbonyl (C=O) groups is 2. The first kappa shape index (κ1) is 30.5. The van der Waals surface area contributed by atoms with Crippen LogP contribution in [0.1, 0.15) is 91.5 Å². The molecule has 3 aromatic rings. The van der Waals surface area contributed by atoms with Gasteiger partial charge in [0.05, 0.1) is 35.7 Å². The third kappa shape index (κ3) is 10.3. The number of carbonyl (C=O) groups excluding carboxylic acids is 2. The quantitative estimate of drug-likeness (QED) is 0.0776. The maximum Gasteiger partial charge on any atom is 0.343 e. The van der Waals surface area contributed by atoms with Gasteiger partial charge >= 0.3 is 11.9 Å². The van der Waals surface area contributed by atoms with E-state index < -0.39 is 5.97 Å². The summed E-state index contributed by atoms with van der Waals surface area (Å²) in [7, 11) is 0. The Morgan fingerprint density at radius 3 is 1.90 bits per heavy atom. The summed E-state index contributed by atoms with van der Waals surface area (Å²) in [5.74, 6) is 0.401. The fourth-order valence-corrected chi connectivity index (χ4v) is 4.08. The molecule has 0 unspecified atom stereocenters. The number of rotatable bonds is 16. The minimum absolute atomic E-state index is 0.325. The molecular weight excluding hydrogens is 504 g/mol. The summed E-state index contributed by atoms with van der Waals surface area (Å²) in [6.07, 6.45) is 10.1. The van der Waals surface area contributed by atoms with Gasteiger partial charge in [0.2, 0.25) is 0 Å². The number of nitrogens with zero attached hydrogens (tertiary/aromatic N) is 2. The molecule has 3 aromatic carbocycles. The van der Waals surface area contributed by atoms with Crippen LogP contribution < -0.4 is 9.47 Å². The highest BCUT2D eigenvalue weighted by Gasteiger charge is 2.11. The summed E-state index contributed by atoms with van der Waals surface area (Å²) in [6, 6.07) is 19.0. The Labute approximate surface area is 237 Å². The second-order valence-corrected chi connectivity index (χ2v) is 9.65. The second kappa shape index (κ2) is 16.9. The number of hydrogen-bond donors (Lipinski definition) is 0. The Kier molecular flexibility index (Phi) is 12.9. The highest BCUT2D eigenvalue weighted by molar-refractivity contribution is 5.91. The topological polar surface area (TPSA) is 86.5 Å². The van der Waals surface area contributed by atoms with Crippen molar-refractivity contribution < 1.29 is 23.8 Å². The normalized spacial score (nSPS) is 11.0. The molecule has 0 fully saturated rings. The van der Waals surface area contributed by atoms with E-state index in [4.69, 9.17) is 14.2 Å². The molecule has 40 heavy (non-hydrogen) atoms. The van der Waals surface area contributed by atoms with Crippen molar-refractivity contribution in [2.24, 2.45) is 10.2 Å². The van der Waals surface area contributed by atoms with Crippen LogP contribution in [0.5, 0.6) is 11.5 Å². The van der Waals surface area contributed by atoms with Crippen LogP contribution in [-0.2, 0) is 4.74 Å². The number of benzene rings is 3. The maximum atomic E-state index is 12.7. The molecule has 0 atom stereocenters. The van der Waals surface area contributed by atoms with Gasteiger partial charge in [-0.15, -0.1) is 0 Å². The molecule has 0 saturated carbocycles. The first-order valence-corrected chi connectivity index (χ1v) is 14.2. The molecule has 0 N–H and O–H groups in total. The summed E-state index contributed by atoms with van der Waals surface area (Å²) >= 11 is 0. The minimum atomic E-state index is -0.436. The molecule has 0 aromatic heterocycles. The van der Waals surface area contributed by atoms with Crippen LogP contribution in [0, 0.1) is 6.92 Å². The highest BCUT2D eigenvalue weighted by atomic mass is 16.5. The van der Waals surface area contributed by atoms with Crippen LogP contribution in [0.2, 0.25) is 0 Å². The fourth-order valence-electron chi connectivity index (χ4n) is 4.08. The van der Waals surface area contributed by atoms with Gasteiger partial charge in [0.25, 0.3) is 0 Å². The number of aryl methyl sites for hydroxylation is 1.